The van der Waals surface area contributed by atoms with E-state index in [-0.39, 0.29) is 19.0 Å². The first-order valence-electron chi connectivity index (χ1n) is 12.2. The Hall–Kier alpha value is -3.19. The van der Waals surface area contributed by atoms with Crippen molar-refractivity contribution < 1.29 is 14.4 Å². The Kier molecular flexibility index (Phi) is 8.75. The lowest BCUT2D eigenvalue weighted by Crippen LogP contribution is -2.40. The number of aliphatic hydroxyl groups is 1. The number of rotatable bonds is 8. The molecule has 5 rings (SSSR count). The first kappa shape index (κ1) is 25.9. The normalized spacial score (nSPS) is 15.7. The molecule has 0 aliphatic carbocycles. The van der Waals surface area contributed by atoms with E-state index >= 15 is 0 Å². The van der Waals surface area contributed by atoms with Gasteiger partial charge in [-0.25, -0.2) is 0 Å². The summed E-state index contributed by atoms with van der Waals surface area (Å²) < 4.78 is 11.1. The number of aryl methyl sites for hydroxylation is 1. The van der Waals surface area contributed by atoms with E-state index < -0.39 is 6.10 Å². The van der Waals surface area contributed by atoms with Crippen LogP contribution in [-0.2, 0) is 0 Å². The zero-order valence-electron chi connectivity index (χ0n) is 20.4. The molecule has 36 heavy (non-hydrogen) atoms. The largest absolute Gasteiger partial charge is 0.490 e. The molecule has 0 bridgehead atoms. The fourth-order valence-electron chi connectivity index (χ4n) is 4.74. The molecule has 2 heterocycles. The van der Waals surface area contributed by atoms with Crippen LogP contribution in [0.5, 0.6) is 5.75 Å². The molecule has 6 nitrogen and oxygen atoms in total. The SMILES string of the molecule is Cc1noc(C=Cc2ccccc2OCC(O)CN2CCC(c3ccc4ccccc4c3)CC2)n1.Cl. The number of ether oxygens (including phenoxy) is 1. The van der Waals surface area contributed by atoms with E-state index in [9.17, 15) is 5.11 Å². The minimum absolute atomic E-state index is 0. The minimum Gasteiger partial charge on any atom is -0.490 e. The molecule has 0 saturated carbocycles. The van der Waals surface area contributed by atoms with Crippen LogP contribution in [0.15, 0.2) is 71.3 Å². The lowest BCUT2D eigenvalue weighted by atomic mass is 9.88. The molecule has 0 amide bonds. The number of aliphatic hydroxyl groups excluding tert-OH is 1. The highest BCUT2D eigenvalue weighted by molar-refractivity contribution is 5.85. The predicted octanol–water partition coefficient (Wildman–Crippen LogP) is 5.74. The van der Waals surface area contributed by atoms with Gasteiger partial charge in [0.2, 0.25) is 0 Å². The van der Waals surface area contributed by atoms with Crippen LogP contribution in [0.3, 0.4) is 0 Å². The quantitative estimate of drug-likeness (QED) is 0.329. The average Bonchev–Trinajstić information content (AvgIpc) is 3.32. The molecule has 0 radical (unpaired) electrons. The van der Waals surface area contributed by atoms with Crippen molar-refractivity contribution in [2.75, 3.05) is 26.2 Å². The zero-order chi connectivity index (χ0) is 24.0. The van der Waals surface area contributed by atoms with Crippen LogP contribution >= 0.6 is 12.4 Å². The number of fused-ring (bicyclic) bond motifs is 1. The Morgan fingerprint density at radius 3 is 2.56 bits per heavy atom. The summed E-state index contributed by atoms with van der Waals surface area (Å²) in [5.74, 6) is 2.34. The van der Waals surface area contributed by atoms with E-state index in [2.05, 4.69) is 57.5 Å². The number of aromatic nitrogens is 2. The number of likely N-dealkylation sites (tertiary alicyclic amines) is 1. The van der Waals surface area contributed by atoms with Gasteiger partial charge in [0.1, 0.15) is 18.5 Å². The first-order valence-corrected chi connectivity index (χ1v) is 12.2. The fourth-order valence-corrected chi connectivity index (χ4v) is 4.74. The molecule has 1 unspecified atom stereocenters. The lowest BCUT2D eigenvalue weighted by Gasteiger charge is -2.33. The van der Waals surface area contributed by atoms with Gasteiger partial charge in [0, 0.05) is 18.2 Å². The van der Waals surface area contributed by atoms with Crippen molar-refractivity contribution in [3.8, 4) is 5.75 Å². The summed E-state index contributed by atoms with van der Waals surface area (Å²) in [6, 6.07) is 23.1. The van der Waals surface area contributed by atoms with Gasteiger partial charge in [-0.2, -0.15) is 4.98 Å². The number of para-hydroxylation sites is 1. The third-order valence-electron chi connectivity index (χ3n) is 6.60. The predicted molar refractivity (Wildman–Crippen MR) is 146 cm³/mol. The molecule has 0 spiro atoms. The van der Waals surface area contributed by atoms with E-state index in [0.717, 1.165) is 31.5 Å². The van der Waals surface area contributed by atoms with E-state index in [0.29, 0.717) is 29.9 Å². The number of piperidine rings is 1. The highest BCUT2D eigenvalue weighted by atomic mass is 35.5. The lowest BCUT2D eigenvalue weighted by molar-refractivity contribution is 0.0594. The summed E-state index contributed by atoms with van der Waals surface area (Å²) in [6.45, 7) is 4.61. The Bertz CT molecular complexity index is 1300. The Balaban J connectivity index is 0.00000304. The number of halogens is 1. The van der Waals surface area contributed by atoms with Gasteiger partial charge in [-0.3, -0.25) is 0 Å². The molecular formula is C29H32ClN3O3. The Morgan fingerprint density at radius 2 is 1.78 bits per heavy atom. The average molecular weight is 506 g/mol. The van der Waals surface area contributed by atoms with Gasteiger partial charge in [-0.1, -0.05) is 65.8 Å². The van der Waals surface area contributed by atoms with Crippen LogP contribution in [0, 0.1) is 6.92 Å². The summed E-state index contributed by atoms with van der Waals surface area (Å²) in [7, 11) is 0. The smallest absolute Gasteiger partial charge is 0.250 e. The maximum atomic E-state index is 10.6. The summed E-state index contributed by atoms with van der Waals surface area (Å²) in [5, 5.41) is 17.0. The van der Waals surface area contributed by atoms with Crippen LogP contribution in [-0.4, -0.2) is 52.5 Å². The molecule has 188 valence electrons. The van der Waals surface area contributed by atoms with Crippen LogP contribution in [0.4, 0.5) is 0 Å². The molecule has 1 saturated heterocycles. The van der Waals surface area contributed by atoms with Crippen molar-refractivity contribution in [2.45, 2.75) is 31.8 Å². The fraction of sp³-hybridized carbons (Fsp3) is 0.310. The van der Waals surface area contributed by atoms with E-state index in [4.69, 9.17) is 9.26 Å². The molecule has 4 aromatic rings. The molecule has 1 atom stereocenters. The van der Waals surface area contributed by atoms with Gasteiger partial charge < -0.3 is 19.3 Å². The third kappa shape index (κ3) is 6.52. The second kappa shape index (κ2) is 12.2. The van der Waals surface area contributed by atoms with Crippen molar-refractivity contribution in [3.63, 3.8) is 0 Å². The second-order valence-corrected chi connectivity index (χ2v) is 9.20. The van der Waals surface area contributed by atoms with Gasteiger partial charge in [-0.05, 0) is 67.3 Å². The number of benzene rings is 3. The van der Waals surface area contributed by atoms with Crippen molar-refractivity contribution in [1.29, 1.82) is 0 Å². The molecule has 3 aromatic carbocycles. The number of nitrogens with zero attached hydrogens (tertiary/aromatic N) is 3. The third-order valence-corrected chi connectivity index (χ3v) is 6.60. The standard InChI is InChI=1S/C29H31N3O3.ClH/c1-21-30-29(35-31-21)13-12-24-7-4-5-9-28(24)34-20-27(33)19-32-16-14-23(15-17-32)26-11-10-22-6-2-3-8-25(22)18-26;/h2-13,18,23,27,33H,14-17,19-20H2,1H3;1H. The monoisotopic (exact) mass is 505 g/mol. The van der Waals surface area contributed by atoms with Gasteiger partial charge in [-0.15, -0.1) is 12.4 Å². The molecule has 1 fully saturated rings. The van der Waals surface area contributed by atoms with Crippen LogP contribution in [0.1, 0.15) is 41.6 Å². The maximum Gasteiger partial charge on any atom is 0.250 e. The van der Waals surface area contributed by atoms with Crippen LogP contribution < -0.4 is 4.74 Å². The molecule has 7 heteroatoms. The van der Waals surface area contributed by atoms with Crippen LogP contribution in [0.25, 0.3) is 22.9 Å². The molecule has 1 N–H and O–H groups in total. The highest BCUT2D eigenvalue weighted by Gasteiger charge is 2.22. The van der Waals surface area contributed by atoms with Gasteiger partial charge >= 0.3 is 0 Å². The molecule has 1 aliphatic heterocycles. The Morgan fingerprint density at radius 1 is 1.03 bits per heavy atom. The van der Waals surface area contributed by atoms with E-state index in [1.165, 1.54) is 16.3 Å². The molecule has 1 aromatic heterocycles. The zero-order valence-corrected chi connectivity index (χ0v) is 21.2. The summed E-state index contributed by atoms with van der Waals surface area (Å²) in [6.07, 6.45) is 5.30. The van der Waals surface area contributed by atoms with E-state index in [1.54, 1.807) is 13.0 Å². The first-order chi connectivity index (χ1) is 17.1. The number of hydrogen-bond donors (Lipinski definition) is 1. The van der Waals surface area contributed by atoms with Gasteiger partial charge in [0.15, 0.2) is 5.82 Å². The Labute approximate surface area is 218 Å². The second-order valence-electron chi connectivity index (χ2n) is 9.20. The molecule has 1 aliphatic rings. The number of β-amino-alcohol motifs (C(OH)–C–C–N with tert-alkyl or cyclic N) is 1. The summed E-state index contributed by atoms with van der Waals surface area (Å²) in [5.41, 5.74) is 2.32. The van der Waals surface area contributed by atoms with Gasteiger partial charge in [0.05, 0.1) is 0 Å². The van der Waals surface area contributed by atoms with E-state index in [1.807, 2.05) is 30.3 Å². The summed E-state index contributed by atoms with van der Waals surface area (Å²) >= 11 is 0. The maximum absolute atomic E-state index is 10.6. The van der Waals surface area contributed by atoms with Gasteiger partial charge in [0.25, 0.3) is 5.89 Å². The van der Waals surface area contributed by atoms with Crippen molar-refractivity contribution in [3.05, 3.63) is 89.6 Å². The molecular weight excluding hydrogens is 474 g/mol. The van der Waals surface area contributed by atoms with Crippen molar-refractivity contribution in [2.24, 2.45) is 0 Å². The highest BCUT2D eigenvalue weighted by Crippen LogP contribution is 2.30. The van der Waals surface area contributed by atoms with Crippen molar-refractivity contribution >= 4 is 35.3 Å². The van der Waals surface area contributed by atoms with Crippen molar-refractivity contribution in [1.82, 2.24) is 15.0 Å². The summed E-state index contributed by atoms with van der Waals surface area (Å²) in [4.78, 5) is 6.52. The minimum atomic E-state index is -0.553. The number of hydrogen-bond acceptors (Lipinski definition) is 6. The van der Waals surface area contributed by atoms with Crippen LogP contribution in [0.2, 0.25) is 0 Å². The topological polar surface area (TPSA) is 71.6 Å².